The van der Waals surface area contributed by atoms with E-state index in [0.29, 0.717) is 6.04 Å². The summed E-state index contributed by atoms with van der Waals surface area (Å²) in [7, 11) is 1.77. The second-order valence-electron chi connectivity index (χ2n) is 5.76. The molecule has 0 spiro atoms. The van der Waals surface area contributed by atoms with Crippen LogP contribution in [0.1, 0.15) is 39.2 Å². The predicted molar refractivity (Wildman–Crippen MR) is 90.6 cm³/mol. The van der Waals surface area contributed by atoms with Crippen molar-refractivity contribution in [2.45, 2.75) is 51.7 Å². The summed E-state index contributed by atoms with van der Waals surface area (Å²) in [4.78, 5) is 0. The van der Waals surface area contributed by atoms with Gasteiger partial charge in [-0.3, -0.25) is 0 Å². The molecule has 0 saturated heterocycles. The molecule has 0 saturated carbocycles. The van der Waals surface area contributed by atoms with E-state index in [-0.39, 0.29) is 5.60 Å². The van der Waals surface area contributed by atoms with E-state index < -0.39 is 0 Å². The van der Waals surface area contributed by atoms with Gasteiger partial charge in [0.1, 0.15) is 0 Å². The fourth-order valence-electron chi connectivity index (χ4n) is 2.19. The van der Waals surface area contributed by atoms with Crippen LogP contribution in [-0.2, 0) is 11.2 Å². The average molecular weight is 363 g/mol. The second kappa shape index (κ2) is 8.38. The molecule has 1 aromatic carbocycles. The number of ether oxygens (including phenoxy) is 1. The highest BCUT2D eigenvalue weighted by molar-refractivity contribution is 9.10. The average Bonchev–Trinajstić information content (AvgIpc) is 2.39. The number of nitrogens with one attached hydrogen (secondary N) is 1. The van der Waals surface area contributed by atoms with Crippen LogP contribution >= 0.6 is 27.5 Å². The van der Waals surface area contributed by atoms with E-state index in [1.165, 1.54) is 5.56 Å². The molecule has 0 heterocycles. The number of rotatable bonds is 8. The monoisotopic (exact) mass is 361 g/mol. The molecule has 0 radical (unpaired) electrons. The molecule has 0 aliphatic carbocycles. The molecular formula is C16H25BrClNO. The van der Waals surface area contributed by atoms with Gasteiger partial charge in [-0.2, -0.15) is 0 Å². The van der Waals surface area contributed by atoms with Crippen LogP contribution in [0.15, 0.2) is 22.7 Å². The van der Waals surface area contributed by atoms with E-state index in [1.54, 1.807) is 7.11 Å². The zero-order valence-corrected chi connectivity index (χ0v) is 15.1. The van der Waals surface area contributed by atoms with Crippen LogP contribution < -0.4 is 5.32 Å². The zero-order chi connectivity index (χ0) is 15.2. The van der Waals surface area contributed by atoms with Crippen molar-refractivity contribution in [3.63, 3.8) is 0 Å². The van der Waals surface area contributed by atoms with Crippen LogP contribution in [0, 0.1) is 0 Å². The Kier molecular flexibility index (Phi) is 7.52. The Morgan fingerprint density at radius 2 is 2.10 bits per heavy atom. The molecule has 0 amide bonds. The number of hydrogen-bond donors (Lipinski definition) is 1. The summed E-state index contributed by atoms with van der Waals surface area (Å²) in [6.45, 7) is 7.43. The zero-order valence-electron chi connectivity index (χ0n) is 12.8. The molecule has 0 fully saturated rings. The van der Waals surface area contributed by atoms with Gasteiger partial charge < -0.3 is 10.1 Å². The number of methoxy groups -OCH3 is 1. The minimum absolute atomic E-state index is 0.132. The summed E-state index contributed by atoms with van der Waals surface area (Å²) in [5, 5.41) is 4.42. The van der Waals surface area contributed by atoms with Crippen molar-refractivity contribution in [3.8, 4) is 0 Å². The number of benzene rings is 1. The van der Waals surface area contributed by atoms with Gasteiger partial charge >= 0.3 is 0 Å². The van der Waals surface area contributed by atoms with E-state index in [4.69, 9.17) is 16.3 Å². The Bertz CT molecular complexity index is 423. The maximum absolute atomic E-state index is 6.32. The standard InChI is InChI=1S/C16H25BrClNO/c1-5-8-19-14(11-16(2,3)20-4)9-12-6-7-13(17)10-15(12)18/h6-7,10,14,19H,5,8-9,11H2,1-4H3. The van der Waals surface area contributed by atoms with Crippen LogP contribution in [0.25, 0.3) is 0 Å². The van der Waals surface area contributed by atoms with Gasteiger partial charge in [-0.25, -0.2) is 0 Å². The Morgan fingerprint density at radius 1 is 1.40 bits per heavy atom. The third kappa shape index (κ3) is 6.13. The van der Waals surface area contributed by atoms with Gasteiger partial charge in [-0.1, -0.05) is 40.5 Å². The molecular weight excluding hydrogens is 338 g/mol. The molecule has 4 heteroatoms. The summed E-state index contributed by atoms with van der Waals surface area (Å²) < 4.78 is 6.57. The van der Waals surface area contributed by atoms with Gasteiger partial charge in [-0.05, 0) is 57.4 Å². The van der Waals surface area contributed by atoms with Crippen LogP contribution in [0.3, 0.4) is 0 Å². The van der Waals surface area contributed by atoms with Gasteiger partial charge in [0.2, 0.25) is 0 Å². The van der Waals surface area contributed by atoms with Gasteiger partial charge in [0.15, 0.2) is 0 Å². The molecule has 1 aromatic rings. The highest BCUT2D eigenvalue weighted by Gasteiger charge is 2.23. The summed E-state index contributed by atoms with van der Waals surface area (Å²) in [5.74, 6) is 0. The quantitative estimate of drug-likeness (QED) is 0.715. The van der Waals surface area contributed by atoms with E-state index in [1.807, 2.05) is 12.1 Å². The summed E-state index contributed by atoms with van der Waals surface area (Å²) >= 11 is 9.77. The fourth-order valence-corrected chi connectivity index (χ4v) is 2.94. The molecule has 0 aliphatic heterocycles. The fraction of sp³-hybridized carbons (Fsp3) is 0.625. The van der Waals surface area contributed by atoms with Crippen molar-refractivity contribution >= 4 is 27.5 Å². The van der Waals surface area contributed by atoms with Crippen molar-refractivity contribution in [1.29, 1.82) is 0 Å². The van der Waals surface area contributed by atoms with E-state index in [2.05, 4.69) is 48.1 Å². The summed E-state index contributed by atoms with van der Waals surface area (Å²) in [5.41, 5.74) is 1.04. The van der Waals surface area contributed by atoms with Gasteiger partial charge in [0.25, 0.3) is 0 Å². The lowest BCUT2D eigenvalue weighted by Crippen LogP contribution is -2.39. The summed E-state index contributed by atoms with van der Waals surface area (Å²) in [6, 6.07) is 6.45. The molecule has 2 nitrogen and oxygen atoms in total. The first-order chi connectivity index (χ1) is 9.38. The second-order valence-corrected chi connectivity index (χ2v) is 7.08. The molecule has 0 bridgehead atoms. The Hall–Kier alpha value is -0.0900. The van der Waals surface area contributed by atoms with E-state index >= 15 is 0 Å². The van der Waals surface area contributed by atoms with Crippen molar-refractivity contribution in [2.75, 3.05) is 13.7 Å². The maximum atomic E-state index is 6.32. The molecule has 1 rings (SSSR count). The van der Waals surface area contributed by atoms with Gasteiger partial charge in [0.05, 0.1) is 5.60 Å². The Morgan fingerprint density at radius 3 is 2.65 bits per heavy atom. The number of halogens is 2. The lowest BCUT2D eigenvalue weighted by Gasteiger charge is -2.29. The first kappa shape index (κ1) is 18.0. The molecule has 1 unspecified atom stereocenters. The van der Waals surface area contributed by atoms with Gasteiger partial charge in [-0.15, -0.1) is 0 Å². The topological polar surface area (TPSA) is 21.3 Å². The molecule has 0 aliphatic rings. The Balaban J connectivity index is 2.77. The molecule has 20 heavy (non-hydrogen) atoms. The van der Waals surface area contributed by atoms with Crippen LogP contribution in [-0.4, -0.2) is 25.3 Å². The van der Waals surface area contributed by atoms with E-state index in [0.717, 1.165) is 35.3 Å². The van der Waals surface area contributed by atoms with Crippen molar-refractivity contribution in [1.82, 2.24) is 5.32 Å². The molecule has 0 aromatic heterocycles. The van der Waals surface area contributed by atoms with Crippen LogP contribution in [0.4, 0.5) is 0 Å². The maximum Gasteiger partial charge on any atom is 0.0637 e. The Labute approximate surface area is 136 Å². The molecule has 1 atom stereocenters. The van der Waals surface area contributed by atoms with Crippen molar-refractivity contribution < 1.29 is 4.74 Å². The normalized spacial score (nSPS) is 13.5. The first-order valence-electron chi connectivity index (χ1n) is 7.10. The first-order valence-corrected chi connectivity index (χ1v) is 8.27. The lowest BCUT2D eigenvalue weighted by molar-refractivity contribution is 0.00714. The third-order valence-electron chi connectivity index (χ3n) is 3.46. The van der Waals surface area contributed by atoms with Crippen LogP contribution in [0.5, 0.6) is 0 Å². The van der Waals surface area contributed by atoms with Crippen molar-refractivity contribution in [2.24, 2.45) is 0 Å². The minimum Gasteiger partial charge on any atom is -0.379 e. The highest BCUT2D eigenvalue weighted by atomic mass is 79.9. The largest absolute Gasteiger partial charge is 0.379 e. The molecule has 1 N–H and O–H groups in total. The highest BCUT2D eigenvalue weighted by Crippen LogP contribution is 2.25. The number of hydrogen-bond acceptors (Lipinski definition) is 2. The summed E-state index contributed by atoms with van der Waals surface area (Å²) in [6.07, 6.45) is 2.99. The SMILES string of the molecule is CCCNC(Cc1ccc(Br)cc1Cl)CC(C)(C)OC. The minimum atomic E-state index is -0.132. The van der Waals surface area contributed by atoms with Crippen molar-refractivity contribution in [3.05, 3.63) is 33.3 Å². The molecule has 114 valence electrons. The predicted octanol–water partition coefficient (Wildman–Crippen LogP) is 4.83. The smallest absolute Gasteiger partial charge is 0.0637 e. The van der Waals surface area contributed by atoms with Gasteiger partial charge in [0, 0.05) is 22.6 Å². The van der Waals surface area contributed by atoms with E-state index in [9.17, 15) is 0 Å². The third-order valence-corrected chi connectivity index (χ3v) is 4.30. The lowest BCUT2D eigenvalue weighted by atomic mass is 9.94. The van der Waals surface area contributed by atoms with Crippen LogP contribution in [0.2, 0.25) is 5.02 Å².